The molecule has 1 saturated carbocycles. The van der Waals surface area contributed by atoms with E-state index in [4.69, 9.17) is 0 Å². The summed E-state index contributed by atoms with van der Waals surface area (Å²) in [5.74, 6) is 0.165. The summed E-state index contributed by atoms with van der Waals surface area (Å²) in [6, 6.07) is 6.99. The highest BCUT2D eigenvalue weighted by Gasteiger charge is 2.36. The van der Waals surface area contributed by atoms with Crippen LogP contribution in [0.25, 0.3) is 0 Å². The Balaban J connectivity index is 2.12. The van der Waals surface area contributed by atoms with E-state index in [-0.39, 0.29) is 11.3 Å². The number of amides is 1. The molecule has 1 amide bonds. The average Bonchev–Trinajstić information content (AvgIpc) is 2.47. The monoisotopic (exact) mass is 350 g/mol. The highest BCUT2D eigenvalue weighted by molar-refractivity contribution is 9.10. The number of phenolic OH excluding ortho intramolecular Hbond substituents is 1. The molecule has 2 rings (SSSR count). The average molecular weight is 351 g/mol. The van der Waals surface area contributed by atoms with E-state index in [1.54, 1.807) is 12.1 Å². The van der Waals surface area contributed by atoms with Crippen LogP contribution in [0.15, 0.2) is 22.7 Å². The van der Waals surface area contributed by atoms with Gasteiger partial charge in [-0.3, -0.25) is 4.79 Å². The summed E-state index contributed by atoms with van der Waals surface area (Å²) in [4.78, 5) is 12.3. The van der Waals surface area contributed by atoms with Crippen LogP contribution >= 0.6 is 15.9 Å². The van der Waals surface area contributed by atoms with Gasteiger partial charge < -0.3 is 10.4 Å². The molecule has 0 unspecified atom stereocenters. The first-order valence-corrected chi connectivity index (χ1v) is 8.01. The van der Waals surface area contributed by atoms with Crippen LogP contribution in [-0.4, -0.2) is 16.6 Å². The quantitative estimate of drug-likeness (QED) is 0.871. The van der Waals surface area contributed by atoms with Crippen molar-refractivity contribution >= 4 is 21.8 Å². The molecular weight excluding hydrogens is 332 g/mol. The van der Waals surface area contributed by atoms with Gasteiger partial charge in [0.15, 0.2) is 0 Å². The fourth-order valence-electron chi connectivity index (χ4n) is 2.82. The number of carbonyl (C=O) groups excluding carboxylic acids is 1. The summed E-state index contributed by atoms with van der Waals surface area (Å²) in [7, 11) is 0. The van der Waals surface area contributed by atoms with Gasteiger partial charge in [-0.25, -0.2) is 0 Å². The van der Waals surface area contributed by atoms with Crippen LogP contribution in [0.4, 0.5) is 0 Å². The summed E-state index contributed by atoms with van der Waals surface area (Å²) in [6.07, 6.45) is 4.37. The Kier molecular flexibility index (Phi) is 4.89. The summed E-state index contributed by atoms with van der Waals surface area (Å²) in [6.45, 7) is 2.16. The molecule has 0 spiro atoms. The molecule has 0 aromatic heterocycles. The topological polar surface area (TPSA) is 73.1 Å². The van der Waals surface area contributed by atoms with E-state index in [1.165, 1.54) is 6.07 Å². The first-order chi connectivity index (χ1) is 9.99. The highest BCUT2D eigenvalue weighted by atomic mass is 79.9. The molecule has 1 aromatic carbocycles. The maximum atomic E-state index is 12.3. The maximum absolute atomic E-state index is 12.3. The van der Waals surface area contributed by atoms with Gasteiger partial charge in [0, 0.05) is 4.47 Å². The summed E-state index contributed by atoms with van der Waals surface area (Å²) < 4.78 is 0.704. The van der Waals surface area contributed by atoms with Gasteiger partial charge in [-0.15, -0.1) is 0 Å². The van der Waals surface area contributed by atoms with Crippen molar-refractivity contribution in [3.05, 3.63) is 28.2 Å². The normalized spacial score (nSPS) is 25.1. The minimum Gasteiger partial charge on any atom is -0.507 e. The van der Waals surface area contributed by atoms with E-state index in [1.807, 2.05) is 0 Å². The molecule has 1 aliphatic carbocycles. The van der Waals surface area contributed by atoms with Gasteiger partial charge in [0.2, 0.25) is 0 Å². The SMILES string of the molecule is CCC1CCC(C#N)(NC(=O)c2ccc(Br)cc2O)CC1. The molecule has 4 nitrogen and oxygen atoms in total. The number of hydrogen-bond acceptors (Lipinski definition) is 3. The molecule has 0 aliphatic heterocycles. The van der Waals surface area contributed by atoms with Gasteiger partial charge in [0.25, 0.3) is 5.91 Å². The third-order valence-corrected chi connectivity index (χ3v) is 4.80. The standard InChI is InChI=1S/C16H19BrN2O2/c1-2-11-5-7-16(10-18,8-6-11)19-15(21)13-4-3-12(17)9-14(13)20/h3-4,9,11,20H,2,5-8H2,1H3,(H,19,21). The van der Waals surface area contributed by atoms with Gasteiger partial charge >= 0.3 is 0 Å². The predicted octanol–water partition coefficient (Wildman–Crippen LogP) is 3.75. The van der Waals surface area contributed by atoms with Gasteiger partial charge in [-0.1, -0.05) is 29.3 Å². The lowest BCUT2D eigenvalue weighted by atomic mass is 9.76. The Labute approximate surface area is 133 Å². The van der Waals surface area contributed by atoms with Crippen molar-refractivity contribution in [2.45, 2.75) is 44.6 Å². The Bertz CT molecular complexity index is 572. The number of nitrogens with one attached hydrogen (secondary N) is 1. The number of phenols is 1. The van der Waals surface area contributed by atoms with Crippen LogP contribution in [0, 0.1) is 17.2 Å². The molecule has 1 aromatic rings. The van der Waals surface area contributed by atoms with Crippen LogP contribution in [0.1, 0.15) is 49.4 Å². The van der Waals surface area contributed by atoms with Crippen molar-refractivity contribution in [2.24, 2.45) is 5.92 Å². The first kappa shape index (κ1) is 15.8. The third-order valence-electron chi connectivity index (χ3n) is 4.31. The predicted molar refractivity (Wildman–Crippen MR) is 83.9 cm³/mol. The lowest BCUT2D eigenvalue weighted by Crippen LogP contribution is -2.49. The molecule has 1 aliphatic rings. The number of hydrogen-bond donors (Lipinski definition) is 2. The largest absolute Gasteiger partial charge is 0.507 e. The van der Waals surface area contributed by atoms with E-state index < -0.39 is 11.4 Å². The molecule has 0 radical (unpaired) electrons. The second-order valence-corrected chi connectivity index (χ2v) is 6.58. The van der Waals surface area contributed by atoms with Gasteiger partial charge in [0.05, 0.1) is 11.6 Å². The lowest BCUT2D eigenvalue weighted by Gasteiger charge is -2.35. The molecule has 1 fully saturated rings. The van der Waals surface area contributed by atoms with Gasteiger partial charge in [-0.2, -0.15) is 5.26 Å². The van der Waals surface area contributed by atoms with Gasteiger partial charge in [-0.05, 0) is 49.8 Å². The zero-order valence-corrected chi connectivity index (χ0v) is 13.6. The van der Waals surface area contributed by atoms with Crippen molar-refractivity contribution < 1.29 is 9.90 Å². The number of nitrogens with zero attached hydrogens (tertiary/aromatic N) is 1. The molecule has 112 valence electrons. The number of aromatic hydroxyl groups is 1. The molecule has 0 bridgehead atoms. The Morgan fingerprint density at radius 1 is 1.52 bits per heavy atom. The van der Waals surface area contributed by atoms with E-state index in [2.05, 4.69) is 34.2 Å². The summed E-state index contributed by atoms with van der Waals surface area (Å²) in [5.41, 5.74) is -0.604. The second kappa shape index (κ2) is 6.48. The molecule has 0 atom stereocenters. The van der Waals surface area contributed by atoms with Crippen molar-refractivity contribution in [1.82, 2.24) is 5.32 Å². The smallest absolute Gasteiger partial charge is 0.256 e. The fraction of sp³-hybridized carbons (Fsp3) is 0.500. The maximum Gasteiger partial charge on any atom is 0.256 e. The highest BCUT2D eigenvalue weighted by Crippen LogP contribution is 2.34. The number of halogens is 1. The molecular formula is C16H19BrN2O2. The Morgan fingerprint density at radius 2 is 2.19 bits per heavy atom. The second-order valence-electron chi connectivity index (χ2n) is 5.66. The minimum atomic E-state index is -0.803. The number of nitriles is 1. The van der Waals surface area contributed by atoms with Crippen LogP contribution < -0.4 is 5.32 Å². The van der Waals surface area contributed by atoms with Gasteiger partial charge in [0.1, 0.15) is 11.3 Å². The van der Waals surface area contributed by atoms with Crippen LogP contribution in [0.5, 0.6) is 5.75 Å². The Morgan fingerprint density at radius 3 is 2.71 bits per heavy atom. The van der Waals surface area contributed by atoms with Crippen molar-refractivity contribution in [2.75, 3.05) is 0 Å². The Hall–Kier alpha value is -1.54. The summed E-state index contributed by atoms with van der Waals surface area (Å²) in [5, 5.41) is 22.2. The lowest BCUT2D eigenvalue weighted by molar-refractivity contribution is 0.0888. The van der Waals surface area contributed by atoms with Crippen molar-refractivity contribution in [1.29, 1.82) is 5.26 Å². The number of carbonyl (C=O) groups is 1. The van der Waals surface area contributed by atoms with E-state index in [0.29, 0.717) is 23.2 Å². The van der Waals surface area contributed by atoms with Crippen molar-refractivity contribution in [3.63, 3.8) is 0 Å². The first-order valence-electron chi connectivity index (χ1n) is 7.22. The minimum absolute atomic E-state index is 0.0859. The van der Waals surface area contributed by atoms with Crippen LogP contribution in [0.3, 0.4) is 0 Å². The number of benzene rings is 1. The molecule has 0 heterocycles. The van der Waals surface area contributed by atoms with E-state index in [0.717, 1.165) is 19.3 Å². The van der Waals surface area contributed by atoms with Crippen molar-refractivity contribution in [3.8, 4) is 11.8 Å². The van der Waals surface area contributed by atoms with E-state index in [9.17, 15) is 15.2 Å². The fourth-order valence-corrected chi connectivity index (χ4v) is 3.17. The molecule has 21 heavy (non-hydrogen) atoms. The number of rotatable bonds is 3. The summed E-state index contributed by atoms with van der Waals surface area (Å²) >= 11 is 3.24. The van der Waals surface area contributed by atoms with E-state index >= 15 is 0 Å². The van der Waals surface area contributed by atoms with Crippen LogP contribution in [-0.2, 0) is 0 Å². The van der Waals surface area contributed by atoms with Crippen LogP contribution in [0.2, 0.25) is 0 Å². The third kappa shape index (κ3) is 3.56. The molecule has 5 heteroatoms. The molecule has 2 N–H and O–H groups in total. The zero-order chi connectivity index (χ0) is 15.5. The molecule has 0 saturated heterocycles. The zero-order valence-electron chi connectivity index (χ0n) is 12.0.